The van der Waals surface area contributed by atoms with Crippen molar-refractivity contribution in [3.63, 3.8) is 0 Å². The van der Waals surface area contributed by atoms with Gasteiger partial charge in [0, 0.05) is 11.6 Å². The second-order valence-corrected chi connectivity index (χ2v) is 4.86. The normalized spacial score (nSPS) is 15.2. The van der Waals surface area contributed by atoms with E-state index in [2.05, 4.69) is 10.6 Å². The summed E-state index contributed by atoms with van der Waals surface area (Å²) in [6, 6.07) is 5.17. The second-order valence-electron chi connectivity index (χ2n) is 4.86. The number of carboxylic acids is 1. The zero-order valence-electron chi connectivity index (χ0n) is 11.1. The maximum Gasteiger partial charge on any atom is 0.335 e. The van der Waals surface area contributed by atoms with Crippen LogP contribution in [0.3, 0.4) is 0 Å². The van der Waals surface area contributed by atoms with Gasteiger partial charge in [-0.3, -0.25) is 9.59 Å². The molecule has 1 fully saturated rings. The molecule has 1 aromatic carbocycles. The van der Waals surface area contributed by atoms with Crippen molar-refractivity contribution in [2.24, 2.45) is 0 Å². The average Bonchev–Trinajstić information content (AvgIpc) is 3.22. The van der Waals surface area contributed by atoms with Crippen molar-refractivity contribution in [2.75, 3.05) is 0 Å². The van der Waals surface area contributed by atoms with E-state index in [4.69, 9.17) is 5.11 Å². The number of nitrogens with one attached hydrogen (secondary N) is 2. The minimum absolute atomic E-state index is 0.112. The van der Waals surface area contributed by atoms with Gasteiger partial charge in [-0.15, -0.1) is 0 Å². The molecule has 1 aliphatic carbocycles. The van der Waals surface area contributed by atoms with Crippen LogP contribution in [-0.2, 0) is 4.79 Å². The van der Waals surface area contributed by atoms with Crippen LogP contribution >= 0.6 is 0 Å². The molecule has 20 heavy (non-hydrogen) atoms. The third kappa shape index (κ3) is 3.57. The molecule has 0 bridgehead atoms. The Morgan fingerprint density at radius 3 is 2.20 bits per heavy atom. The predicted octanol–water partition coefficient (Wildman–Crippen LogP) is 0.782. The first-order chi connectivity index (χ1) is 9.47. The Balaban J connectivity index is 1.92. The lowest BCUT2D eigenvalue weighted by Crippen LogP contribution is -2.45. The third-order valence-corrected chi connectivity index (χ3v) is 3.06. The first-order valence-electron chi connectivity index (χ1n) is 6.42. The Morgan fingerprint density at radius 2 is 1.70 bits per heavy atom. The molecule has 0 aromatic heterocycles. The van der Waals surface area contributed by atoms with E-state index in [0.29, 0.717) is 5.56 Å². The minimum Gasteiger partial charge on any atom is -0.478 e. The van der Waals surface area contributed by atoms with E-state index < -0.39 is 17.9 Å². The first-order valence-corrected chi connectivity index (χ1v) is 6.42. The molecule has 1 aliphatic rings. The highest BCUT2D eigenvalue weighted by Crippen LogP contribution is 2.18. The van der Waals surface area contributed by atoms with Crippen LogP contribution in [0.25, 0.3) is 0 Å². The van der Waals surface area contributed by atoms with Crippen LogP contribution in [0, 0.1) is 0 Å². The Kier molecular flexibility index (Phi) is 4.02. The third-order valence-electron chi connectivity index (χ3n) is 3.06. The van der Waals surface area contributed by atoms with Crippen LogP contribution in [0.4, 0.5) is 0 Å². The summed E-state index contributed by atoms with van der Waals surface area (Å²) in [4.78, 5) is 34.3. The van der Waals surface area contributed by atoms with Crippen LogP contribution in [0.15, 0.2) is 24.3 Å². The maximum absolute atomic E-state index is 11.9. The molecule has 2 amide bonds. The molecule has 1 aromatic rings. The first kappa shape index (κ1) is 14.0. The predicted molar refractivity (Wildman–Crippen MR) is 71.5 cm³/mol. The zero-order valence-corrected chi connectivity index (χ0v) is 11.1. The van der Waals surface area contributed by atoms with Gasteiger partial charge in [-0.2, -0.15) is 0 Å². The summed E-state index contributed by atoms with van der Waals surface area (Å²) in [7, 11) is 0. The van der Waals surface area contributed by atoms with Crippen molar-refractivity contribution >= 4 is 17.8 Å². The number of rotatable bonds is 5. The van der Waals surface area contributed by atoms with Crippen molar-refractivity contribution in [3.8, 4) is 0 Å². The molecular formula is C14H16N2O4. The summed E-state index contributed by atoms with van der Waals surface area (Å²) in [6.45, 7) is 1.61. The zero-order chi connectivity index (χ0) is 14.7. The topological polar surface area (TPSA) is 95.5 Å². The van der Waals surface area contributed by atoms with E-state index in [1.165, 1.54) is 24.3 Å². The van der Waals surface area contributed by atoms with Gasteiger partial charge in [0.25, 0.3) is 5.91 Å². The average molecular weight is 276 g/mol. The summed E-state index contributed by atoms with van der Waals surface area (Å²) < 4.78 is 0. The van der Waals surface area contributed by atoms with Gasteiger partial charge in [0.05, 0.1) is 5.56 Å². The van der Waals surface area contributed by atoms with Gasteiger partial charge in [-0.1, -0.05) is 0 Å². The van der Waals surface area contributed by atoms with Crippen LogP contribution in [0.2, 0.25) is 0 Å². The summed E-state index contributed by atoms with van der Waals surface area (Å²) in [5, 5.41) is 14.2. The molecule has 0 aliphatic heterocycles. The van der Waals surface area contributed by atoms with E-state index in [1.807, 2.05) is 0 Å². The fraction of sp³-hybridized carbons (Fsp3) is 0.357. The van der Waals surface area contributed by atoms with Gasteiger partial charge in [0.15, 0.2) is 0 Å². The van der Waals surface area contributed by atoms with E-state index in [-0.39, 0.29) is 17.5 Å². The molecular weight excluding hydrogens is 260 g/mol. The molecule has 1 unspecified atom stereocenters. The number of benzene rings is 1. The van der Waals surface area contributed by atoms with Crippen molar-refractivity contribution in [3.05, 3.63) is 35.4 Å². The van der Waals surface area contributed by atoms with Gasteiger partial charge in [-0.05, 0) is 44.0 Å². The highest BCUT2D eigenvalue weighted by molar-refractivity contribution is 5.98. The fourth-order valence-electron chi connectivity index (χ4n) is 1.66. The van der Waals surface area contributed by atoms with Crippen molar-refractivity contribution in [2.45, 2.75) is 31.8 Å². The van der Waals surface area contributed by atoms with Gasteiger partial charge >= 0.3 is 5.97 Å². The molecule has 0 radical (unpaired) electrons. The summed E-state index contributed by atoms with van der Waals surface area (Å²) >= 11 is 0. The molecule has 0 saturated heterocycles. The Labute approximate surface area is 116 Å². The van der Waals surface area contributed by atoms with Gasteiger partial charge in [0.2, 0.25) is 5.91 Å². The SMILES string of the molecule is CC(NC(=O)c1ccc(C(=O)O)cc1)C(=O)NC1CC1. The number of carbonyl (C=O) groups excluding carboxylic acids is 2. The molecule has 0 heterocycles. The lowest BCUT2D eigenvalue weighted by molar-refractivity contribution is -0.122. The van der Waals surface area contributed by atoms with Crippen LogP contribution in [-0.4, -0.2) is 35.0 Å². The number of amides is 2. The lowest BCUT2D eigenvalue weighted by Gasteiger charge is -2.13. The summed E-state index contributed by atoms with van der Waals surface area (Å²) in [6.07, 6.45) is 1.98. The number of hydrogen-bond donors (Lipinski definition) is 3. The number of aromatic carboxylic acids is 1. The molecule has 3 N–H and O–H groups in total. The quantitative estimate of drug-likeness (QED) is 0.740. The largest absolute Gasteiger partial charge is 0.478 e. The standard InChI is InChI=1S/C14H16N2O4/c1-8(12(17)16-11-6-7-11)15-13(18)9-2-4-10(5-3-9)14(19)20/h2-5,8,11H,6-7H2,1H3,(H,15,18)(H,16,17)(H,19,20). The monoisotopic (exact) mass is 276 g/mol. The van der Waals surface area contributed by atoms with Crippen molar-refractivity contribution < 1.29 is 19.5 Å². The van der Waals surface area contributed by atoms with Crippen molar-refractivity contribution in [1.29, 1.82) is 0 Å². The van der Waals surface area contributed by atoms with Crippen molar-refractivity contribution in [1.82, 2.24) is 10.6 Å². The molecule has 0 spiro atoms. The molecule has 2 rings (SSSR count). The Morgan fingerprint density at radius 1 is 1.15 bits per heavy atom. The molecule has 6 heteroatoms. The molecule has 106 valence electrons. The lowest BCUT2D eigenvalue weighted by atomic mass is 10.1. The molecule has 1 saturated carbocycles. The summed E-state index contributed by atoms with van der Waals surface area (Å²) in [5.74, 6) is -1.66. The minimum atomic E-state index is -1.05. The highest BCUT2D eigenvalue weighted by atomic mass is 16.4. The van der Waals surface area contributed by atoms with Gasteiger partial charge < -0.3 is 15.7 Å². The Bertz CT molecular complexity index is 535. The fourth-order valence-corrected chi connectivity index (χ4v) is 1.66. The number of carbonyl (C=O) groups is 3. The molecule has 1 atom stereocenters. The second kappa shape index (κ2) is 5.73. The number of hydrogen-bond acceptors (Lipinski definition) is 3. The highest BCUT2D eigenvalue weighted by Gasteiger charge is 2.26. The van der Waals surface area contributed by atoms with Crippen LogP contribution in [0.5, 0.6) is 0 Å². The Hall–Kier alpha value is -2.37. The van der Waals surface area contributed by atoms with Crippen LogP contribution in [0.1, 0.15) is 40.5 Å². The number of carboxylic acid groups (broad SMARTS) is 1. The maximum atomic E-state index is 11.9. The summed E-state index contributed by atoms with van der Waals surface area (Å²) in [5.41, 5.74) is 0.433. The van der Waals surface area contributed by atoms with E-state index in [0.717, 1.165) is 12.8 Å². The van der Waals surface area contributed by atoms with Crippen LogP contribution < -0.4 is 10.6 Å². The van der Waals surface area contributed by atoms with Gasteiger partial charge in [0.1, 0.15) is 6.04 Å². The molecule has 6 nitrogen and oxygen atoms in total. The van der Waals surface area contributed by atoms with E-state index in [1.54, 1.807) is 6.92 Å². The van der Waals surface area contributed by atoms with Gasteiger partial charge in [-0.25, -0.2) is 4.79 Å². The van der Waals surface area contributed by atoms with E-state index in [9.17, 15) is 14.4 Å². The van der Waals surface area contributed by atoms with E-state index >= 15 is 0 Å². The smallest absolute Gasteiger partial charge is 0.335 e.